The molecule has 27 heavy (non-hydrogen) atoms. The molecule has 3 aromatic rings. The van der Waals surface area contributed by atoms with Gasteiger partial charge in [-0.2, -0.15) is 0 Å². The van der Waals surface area contributed by atoms with Crippen LogP contribution in [-0.2, 0) is 11.2 Å². The first-order valence-electron chi connectivity index (χ1n) is 8.98. The fraction of sp³-hybridized carbons (Fsp3) is 0.174. The third kappa shape index (κ3) is 3.57. The topological polar surface area (TPSA) is 47.6 Å². The highest BCUT2D eigenvalue weighted by Crippen LogP contribution is 2.45. The summed E-state index contributed by atoms with van der Waals surface area (Å²) in [6.45, 7) is 0.122. The maximum absolute atomic E-state index is 11.6. The summed E-state index contributed by atoms with van der Waals surface area (Å²) in [6, 6.07) is 24.9. The van der Waals surface area contributed by atoms with E-state index in [4.69, 9.17) is 9.47 Å². The summed E-state index contributed by atoms with van der Waals surface area (Å²) >= 11 is 0. The number of nitrogens with one attached hydrogen (secondary N) is 1. The zero-order valence-corrected chi connectivity index (χ0v) is 15.1. The van der Waals surface area contributed by atoms with E-state index in [1.165, 1.54) is 34.9 Å². The molecule has 1 amide bonds. The number of rotatable bonds is 5. The van der Waals surface area contributed by atoms with Crippen molar-refractivity contribution < 1.29 is 14.3 Å². The van der Waals surface area contributed by atoms with Gasteiger partial charge in [0, 0.05) is 13.0 Å². The van der Waals surface area contributed by atoms with Gasteiger partial charge < -0.3 is 9.47 Å². The Balaban J connectivity index is 1.52. The van der Waals surface area contributed by atoms with Crippen LogP contribution < -0.4 is 10.1 Å². The van der Waals surface area contributed by atoms with Gasteiger partial charge in [-0.25, -0.2) is 4.79 Å². The predicted octanol–water partition coefficient (Wildman–Crippen LogP) is 4.73. The summed E-state index contributed by atoms with van der Waals surface area (Å²) in [5, 5.41) is 2.49. The number of carbonyl (C=O) groups is 1. The summed E-state index contributed by atoms with van der Waals surface area (Å²) in [6.07, 6.45) is 0.382. The molecule has 3 aromatic carbocycles. The van der Waals surface area contributed by atoms with Gasteiger partial charge in [-0.1, -0.05) is 60.7 Å². The first-order chi connectivity index (χ1) is 13.3. The lowest BCUT2D eigenvalue weighted by molar-refractivity contribution is 0.153. The average molecular weight is 359 g/mol. The molecule has 136 valence electrons. The van der Waals surface area contributed by atoms with Crippen molar-refractivity contribution in [1.82, 2.24) is 5.32 Å². The third-order valence-electron chi connectivity index (χ3n) is 4.90. The minimum Gasteiger partial charge on any atom is -0.410 e. The van der Waals surface area contributed by atoms with E-state index < -0.39 is 6.09 Å². The molecular formula is C23H21NO3. The number of hydrogen-bond donors (Lipinski definition) is 1. The highest BCUT2D eigenvalue weighted by Gasteiger charge is 2.27. The zero-order chi connectivity index (χ0) is 18.6. The van der Waals surface area contributed by atoms with Crippen LogP contribution in [-0.4, -0.2) is 19.9 Å². The van der Waals surface area contributed by atoms with Crippen LogP contribution in [0.5, 0.6) is 5.75 Å². The van der Waals surface area contributed by atoms with E-state index in [1.54, 1.807) is 0 Å². The van der Waals surface area contributed by atoms with Crippen LogP contribution in [0.25, 0.3) is 11.1 Å². The van der Waals surface area contributed by atoms with Crippen LogP contribution in [0.15, 0.2) is 72.8 Å². The van der Waals surface area contributed by atoms with Crippen molar-refractivity contribution in [3.05, 3.63) is 89.5 Å². The zero-order valence-electron chi connectivity index (χ0n) is 15.1. The van der Waals surface area contributed by atoms with Gasteiger partial charge in [0.2, 0.25) is 0 Å². The molecule has 0 fully saturated rings. The quantitative estimate of drug-likeness (QED) is 0.670. The molecule has 1 N–H and O–H groups in total. The van der Waals surface area contributed by atoms with E-state index in [-0.39, 0.29) is 6.73 Å². The molecule has 1 aliphatic carbocycles. The van der Waals surface area contributed by atoms with E-state index in [0.29, 0.717) is 11.7 Å². The van der Waals surface area contributed by atoms with Gasteiger partial charge in [-0.3, -0.25) is 5.32 Å². The van der Waals surface area contributed by atoms with Crippen LogP contribution in [0.2, 0.25) is 0 Å². The summed E-state index contributed by atoms with van der Waals surface area (Å²) in [7, 11) is 1.51. The molecule has 4 heteroatoms. The molecule has 4 rings (SSSR count). The Labute approximate surface area is 158 Å². The number of benzene rings is 3. The molecule has 0 radical (unpaired) electrons. The number of methoxy groups -OCH3 is 1. The molecule has 0 atom stereocenters. The lowest BCUT2D eigenvalue weighted by atomic mass is 9.90. The van der Waals surface area contributed by atoms with E-state index in [0.717, 1.165) is 6.42 Å². The van der Waals surface area contributed by atoms with Crippen molar-refractivity contribution in [2.24, 2.45) is 0 Å². The second-order valence-electron chi connectivity index (χ2n) is 6.57. The SMILES string of the molecule is COCNC(=O)Oc1ccc(CC2c3ccccc3-c3ccccc32)cc1. The van der Waals surface area contributed by atoms with Crippen molar-refractivity contribution in [3.8, 4) is 16.9 Å². The predicted molar refractivity (Wildman–Crippen MR) is 105 cm³/mol. The number of amides is 1. The molecule has 0 spiro atoms. The maximum atomic E-state index is 11.6. The molecule has 4 nitrogen and oxygen atoms in total. The lowest BCUT2D eigenvalue weighted by Crippen LogP contribution is -2.28. The second kappa shape index (κ2) is 7.64. The number of carbonyl (C=O) groups excluding carboxylic acids is 1. The first-order valence-corrected chi connectivity index (χ1v) is 8.98. The van der Waals surface area contributed by atoms with Crippen LogP contribution in [0.3, 0.4) is 0 Å². The van der Waals surface area contributed by atoms with Crippen molar-refractivity contribution in [3.63, 3.8) is 0 Å². The van der Waals surface area contributed by atoms with Gasteiger partial charge in [-0.05, 0) is 46.4 Å². The Hall–Kier alpha value is -3.11. The molecule has 0 saturated heterocycles. The van der Waals surface area contributed by atoms with E-state index >= 15 is 0 Å². The summed E-state index contributed by atoms with van der Waals surface area (Å²) in [4.78, 5) is 11.6. The van der Waals surface area contributed by atoms with Crippen molar-refractivity contribution >= 4 is 6.09 Å². The summed E-state index contributed by atoms with van der Waals surface area (Å²) in [5.41, 5.74) is 6.60. The van der Waals surface area contributed by atoms with E-state index in [9.17, 15) is 4.79 Å². The van der Waals surface area contributed by atoms with Crippen LogP contribution in [0.1, 0.15) is 22.6 Å². The van der Waals surface area contributed by atoms with Crippen molar-refractivity contribution in [2.45, 2.75) is 12.3 Å². The van der Waals surface area contributed by atoms with Gasteiger partial charge in [0.1, 0.15) is 12.5 Å². The molecule has 0 saturated carbocycles. The maximum Gasteiger partial charge on any atom is 0.414 e. The van der Waals surface area contributed by atoms with Gasteiger partial charge >= 0.3 is 6.09 Å². The largest absolute Gasteiger partial charge is 0.414 e. The van der Waals surface area contributed by atoms with E-state index in [2.05, 4.69) is 53.8 Å². The average Bonchev–Trinajstić information content (AvgIpc) is 3.02. The van der Waals surface area contributed by atoms with Crippen molar-refractivity contribution in [1.29, 1.82) is 0 Å². The van der Waals surface area contributed by atoms with Gasteiger partial charge in [-0.15, -0.1) is 0 Å². The Bertz CT molecular complexity index is 904. The number of fused-ring (bicyclic) bond motifs is 3. The summed E-state index contributed by atoms with van der Waals surface area (Å²) in [5.74, 6) is 0.855. The molecule has 1 aliphatic rings. The van der Waals surface area contributed by atoms with Crippen LogP contribution in [0.4, 0.5) is 4.79 Å². The molecule has 0 aromatic heterocycles. The van der Waals surface area contributed by atoms with Gasteiger partial charge in [0.25, 0.3) is 0 Å². The smallest absolute Gasteiger partial charge is 0.410 e. The van der Waals surface area contributed by atoms with Crippen LogP contribution in [0, 0.1) is 0 Å². The van der Waals surface area contributed by atoms with Crippen molar-refractivity contribution in [2.75, 3.05) is 13.8 Å². The highest BCUT2D eigenvalue weighted by molar-refractivity contribution is 5.78. The number of ether oxygens (including phenoxy) is 2. The second-order valence-corrected chi connectivity index (χ2v) is 6.57. The van der Waals surface area contributed by atoms with Crippen LogP contribution >= 0.6 is 0 Å². The Kier molecular flexibility index (Phi) is 4.90. The Morgan fingerprint density at radius 1 is 0.889 bits per heavy atom. The molecule has 0 unspecified atom stereocenters. The fourth-order valence-electron chi connectivity index (χ4n) is 3.68. The third-order valence-corrected chi connectivity index (χ3v) is 4.90. The minimum absolute atomic E-state index is 0.122. The van der Waals surface area contributed by atoms with Gasteiger partial charge in [0.05, 0.1) is 0 Å². The fourth-order valence-corrected chi connectivity index (χ4v) is 3.68. The standard InChI is InChI=1S/C23H21NO3/c1-26-15-24-23(25)27-17-12-10-16(11-13-17)14-22-20-8-4-2-6-18(20)19-7-3-5-9-21(19)22/h2-13,22H,14-15H2,1H3,(H,24,25). The van der Waals surface area contributed by atoms with Gasteiger partial charge in [0.15, 0.2) is 0 Å². The number of hydrogen-bond acceptors (Lipinski definition) is 3. The molecule has 0 aliphatic heterocycles. The monoisotopic (exact) mass is 359 g/mol. The normalized spacial score (nSPS) is 12.3. The Morgan fingerprint density at radius 3 is 2.07 bits per heavy atom. The Morgan fingerprint density at radius 2 is 1.48 bits per heavy atom. The minimum atomic E-state index is -0.525. The molecule has 0 bridgehead atoms. The first kappa shape index (κ1) is 17.3. The highest BCUT2D eigenvalue weighted by atomic mass is 16.6. The molecule has 0 heterocycles. The van der Waals surface area contributed by atoms with E-state index in [1.807, 2.05) is 24.3 Å². The summed E-state index contributed by atoms with van der Waals surface area (Å²) < 4.78 is 10.0. The lowest BCUT2D eigenvalue weighted by Gasteiger charge is -2.14. The molecular weight excluding hydrogens is 338 g/mol.